The predicted octanol–water partition coefficient (Wildman–Crippen LogP) is 2.83. The summed E-state index contributed by atoms with van der Waals surface area (Å²) in [6.07, 6.45) is 4.79. The molecule has 1 heteroatoms. The monoisotopic (exact) mass is 187 g/mol. The average Bonchev–Trinajstić information content (AvgIpc) is 3.00. The van der Waals surface area contributed by atoms with Crippen LogP contribution in [0.3, 0.4) is 0 Å². The third-order valence-electron chi connectivity index (χ3n) is 3.26. The lowest BCUT2D eigenvalue weighted by atomic mass is 9.95. The summed E-state index contributed by atoms with van der Waals surface area (Å²) < 4.78 is 0. The fourth-order valence-electron chi connectivity index (χ4n) is 1.86. The van der Waals surface area contributed by atoms with Crippen LogP contribution in [0.4, 0.5) is 0 Å². The van der Waals surface area contributed by atoms with Gasteiger partial charge in [0.2, 0.25) is 0 Å². The Morgan fingerprint density at radius 1 is 1.36 bits per heavy atom. The lowest BCUT2D eigenvalue weighted by Gasteiger charge is -2.12. The molecule has 2 N–H and O–H groups in total. The van der Waals surface area contributed by atoms with Gasteiger partial charge in [0.25, 0.3) is 0 Å². The molecule has 14 heavy (non-hydrogen) atoms. The minimum Gasteiger partial charge on any atom is -0.330 e. The molecule has 74 valence electrons. The summed E-state index contributed by atoms with van der Waals surface area (Å²) in [6, 6.07) is 10.5. The van der Waals surface area contributed by atoms with Crippen molar-refractivity contribution in [2.45, 2.75) is 19.8 Å². The highest BCUT2D eigenvalue weighted by molar-refractivity contribution is 5.54. The van der Waals surface area contributed by atoms with Crippen molar-refractivity contribution in [3.63, 3.8) is 0 Å². The number of benzene rings is 1. The summed E-state index contributed by atoms with van der Waals surface area (Å²) >= 11 is 0. The van der Waals surface area contributed by atoms with Crippen LogP contribution in [0.1, 0.15) is 25.3 Å². The summed E-state index contributed by atoms with van der Waals surface area (Å²) in [7, 11) is 0. The number of rotatable bonds is 3. The van der Waals surface area contributed by atoms with Crippen molar-refractivity contribution < 1.29 is 0 Å². The number of nitrogens with two attached hydrogens (primary N) is 1. The zero-order valence-electron chi connectivity index (χ0n) is 8.66. The molecule has 2 rings (SSSR count). The molecule has 1 aromatic carbocycles. The molecule has 1 saturated carbocycles. The van der Waals surface area contributed by atoms with Crippen molar-refractivity contribution in [3.8, 4) is 0 Å². The molecule has 0 radical (unpaired) electrons. The standard InChI is InChI=1S/C13H17N/c1-11(13(10-14)7-8-13)9-12-5-3-2-4-6-12/h2-6,9H,7-8,10,14H2,1H3/b11-9-. The fraction of sp³-hybridized carbons (Fsp3) is 0.385. The first kappa shape index (κ1) is 9.47. The van der Waals surface area contributed by atoms with Crippen molar-refractivity contribution in [1.29, 1.82) is 0 Å². The molecule has 1 aliphatic carbocycles. The lowest BCUT2D eigenvalue weighted by Crippen LogP contribution is -2.16. The van der Waals surface area contributed by atoms with E-state index in [4.69, 9.17) is 5.73 Å². The molecular formula is C13H17N. The van der Waals surface area contributed by atoms with Crippen LogP contribution in [-0.4, -0.2) is 6.54 Å². The number of hydrogen-bond acceptors (Lipinski definition) is 1. The van der Waals surface area contributed by atoms with Crippen LogP contribution in [0.2, 0.25) is 0 Å². The predicted molar refractivity (Wildman–Crippen MR) is 60.8 cm³/mol. The Hall–Kier alpha value is -1.08. The van der Waals surface area contributed by atoms with Crippen LogP contribution in [-0.2, 0) is 0 Å². The van der Waals surface area contributed by atoms with E-state index in [1.807, 2.05) is 6.07 Å². The normalized spacial score (nSPS) is 19.4. The van der Waals surface area contributed by atoms with Gasteiger partial charge in [0.1, 0.15) is 0 Å². The van der Waals surface area contributed by atoms with E-state index >= 15 is 0 Å². The SMILES string of the molecule is C/C(=C/c1ccccc1)C1(CN)CC1. The van der Waals surface area contributed by atoms with Gasteiger partial charge in [-0.05, 0) is 25.3 Å². The van der Waals surface area contributed by atoms with Crippen molar-refractivity contribution in [2.24, 2.45) is 11.1 Å². The maximum Gasteiger partial charge on any atom is 0.00357 e. The first-order chi connectivity index (χ1) is 6.77. The van der Waals surface area contributed by atoms with Gasteiger partial charge in [-0.1, -0.05) is 42.0 Å². The van der Waals surface area contributed by atoms with Gasteiger partial charge in [-0.25, -0.2) is 0 Å². The molecule has 0 heterocycles. The molecule has 0 atom stereocenters. The zero-order chi connectivity index (χ0) is 10.0. The van der Waals surface area contributed by atoms with Gasteiger partial charge in [-0.3, -0.25) is 0 Å². The molecule has 1 nitrogen and oxygen atoms in total. The van der Waals surface area contributed by atoms with Gasteiger partial charge in [-0.2, -0.15) is 0 Å². The molecule has 1 aromatic rings. The Kier molecular flexibility index (Phi) is 2.42. The molecule has 1 aliphatic rings. The van der Waals surface area contributed by atoms with Crippen molar-refractivity contribution >= 4 is 6.08 Å². The lowest BCUT2D eigenvalue weighted by molar-refractivity contribution is 0.626. The van der Waals surface area contributed by atoms with E-state index in [1.54, 1.807) is 0 Å². The second kappa shape index (κ2) is 3.58. The maximum absolute atomic E-state index is 5.78. The molecule has 0 saturated heterocycles. The van der Waals surface area contributed by atoms with Crippen molar-refractivity contribution in [2.75, 3.05) is 6.54 Å². The average molecular weight is 187 g/mol. The van der Waals surface area contributed by atoms with Crippen LogP contribution in [0.25, 0.3) is 6.08 Å². The van der Waals surface area contributed by atoms with E-state index in [2.05, 4.69) is 37.3 Å². The first-order valence-corrected chi connectivity index (χ1v) is 5.21. The van der Waals surface area contributed by atoms with E-state index in [-0.39, 0.29) is 0 Å². The molecule has 0 aromatic heterocycles. The highest BCUT2D eigenvalue weighted by Crippen LogP contribution is 2.51. The molecule has 0 unspecified atom stereocenters. The van der Waals surface area contributed by atoms with E-state index < -0.39 is 0 Å². The quantitative estimate of drug-likeness (QED) is 0.773. The first-order valence-electron chi connectivity index (χ1n) is 5.21. The van der Waals surface area contributed by atoms with Gasteiger partial charge in [0.05, 0.1) is 0 Å². The molecule has 0 spiro atoms. The smallest absolute Gasteiger partial charge is 0.00357 e. The summed E-state index contributed by atoms with van der Waals surface area (Å²) in [5, 5.41) is 0. The Labute approximate surface area is 85.6 Å². The summed E-state index contributed by atoms with van der Waals surface area (Å²) in [5.74, 6) is 0. The van der Waals surface area contributed by atoms with Crippen LogP contribution in [0, 0.1) is 5.41 Å². The van der Waals surface area contributed by atoms with Crippen LogP contribution < -0.4 is 5.73 Å². The van der Waals surface area contributed by atoms with Gasteiger partial charge in [-0.15, -0.1) is 0 Å². The van der Waals surface area contributed by atoms with Crippen LogP contribution >= 0.6 is 0 Å². The van der Waals surface area contributed by atoms with Gasteiger partial charge in [0.15, 0.2) is 0 Å². The third kappa shape index (κ3) is 1.73. The minimum atomic E-state index is 0.343. The molecular weight excluding hydrogens is 170 g/mol. The van der Waals surface area contributed by atoms with E-state index in [1.165, 1.54) is 24.0 Å². The fourth-order valence-corrected chi connectivity index (χ4v) is 1.86. The Morgan fingerprint density at radius 2 is 2.00 bits per heavy atom. The van der Waals surface area contributed by atoms with Crippen molar-refractivity contribution in [1.82, 2.24) is 0 Å². The maximum atomic E-state index is 5.78. The Balaban J connectivity index is 2.19. The van der Waals surface area contributed by atoms with E-state index in [0.717, 1.165) is 6.54 Å². The van der Waals surface area contributed by atoms with Crippen LogP contribution in [0.15, 0.2) is 35.9 Å². The third-order valence-corrected chi connectivity index (χ3v) is 3.26. The van der Waals surface area contributed by atoms with E-state index in [9.17, 15) is 0 Å². The van der Waals surface area contributed by atoms with Gasteiger partial charge in [0, 0.05) is 12.0 Å². The Bertz CT molecular complexity index is 334. The van der Waals surface area contributed by atoms with Crippen molar-refractivity contribution in [3.05, 3.63) is 41.5 Å². The molecule has 0 bridgehead atoms. The Morgan fingerprint density at radius 3 is 2.50 bits per heavy atom. The van der Waals surface area contributed by atoms with Crippen LogP contribution in [0.5, 0.6) is 0 Å². The highest BCUT2D eigenvalue weighted by Gasteiger charge is 2.42. The number of hydrogen-bond donors (Lipinski definition) is 1. The van der Waals surface area contributed by atoms with E-state index in [0.29, 0.717) is 5.41 Å². The molecule has 0 amide bonds. The second-order valence-electron chi connectivity index (χ2n) is 4.22. The largest absolute Gasteiger partial charge is 0.330 e. The zero-order valence-corrected chi connectivity index (χ0v) is 8.66. The molecule has 0 aliphatic heterocycles. The topological polar surface area (TPSA) is 26.0 Å². The highest BCUT2D eigenvalue weighted by atomic mass is 14.7. The summed E-state index contributed by atoms with van der Waals surface area (Å²) in [4.78, 5) is 0. The molecule has 1 fully saturated rings. The summed E-state index contributed by atoms with van der Waals surface area (Å²) in [6.45, 7) is 3.00. The second-order valence-corrected chi connectivity index (χ2v) is 4.22. The summed E-state index contributed by atoms with van der Waals surface area (Å²) in [5.41, 5.74) is 8.84. The van der Waals surface area contributed by atoms with Gasteiger partial charge >= 0.3 is 0 Å². The van der Waals surface area contributed by atoms with Gasteiger partial charge < -0.3 is 5.73 Å². The minimum absolute atomic E-state index is 0.343.